The maximum absolute atomic E-state index is 5.35. The van der Waals surface area contributed by atoms with Crippen molar-refractivity contribution in [2.75, 3.05) is 6.79 Å². The van der Waals surface area contributed by atoms with Crippen LogP contribution in [0.15, 0.2) is 47.6 Å². The third-order valence-electron chi connectivity index (χ3n) is 3.45. The van der Waals surface area contributed by atoms with Crippen molar-refractivity contribution < 1.29 is 9.47 Å². The van der Waals surface area contributed by atoms with Crippen molar-refractivity contribution >= 4 is 23.5 Å². The number of benzene rings is 2. The number of rotatable bonds is 4. The topological polar surface area (TPSA) is 54.9 Å². The summed E-state index contributed by atoms with van der Waals surface area (Å²) in [6, 6.07) is 13.8. The second kappa shape index (κ2) is 7.11. The van der Waals surface area contributed by atoms with E-state index in [0.29, 0.717) is 11.7 Å². The van der Waals surface area contributed by atoms with Gasteiger partial charge in [0.15, 0.2) is 16.6 Å². The van der Waals surface area contributed by atoms with Gasteiger partial charge in [0.2, 0.25) is 6.79 Å². The van der Waals surface area contributed by atoms with Crippen molar-refractivity contribution in [1.29, 1.82) is 0 Å². The molecule has 0 saturated carbocycles. The third-order valence-corrected chi connectivity index (χ3v) is 3.68. The molecule has 1 aliphatic heterocycles. The number of nitrogens with one attached hydrogen (secondary N) is 2. The second-order valence-electron chi connectivity index (χ2n) is 5.10. The summed E-state index contributed by atoms with van der Waals surface area (Å²) in [4.78, 5) is 0. The molecule has 0 bridgehead atoms. The average molecular weight is 327 g/mol. The van der Waals surface area contributed by atoms with Gasteiger partial charge in [0, 0.05) is 6.54 Å². The van der Waals surface area contributed by atoms with E-state index in [9.17, 15) is 0 Å². The molecule has 6 heteroatoms. The van der Waals surface area contributed by atoms with Crippen LogP contribution in [0.5, 0.6) is 11.5 Å². The number of thiocarbonyl (C=S) groups is 1. The summed E-state index contributed by atoms with van der Waals surface area (Å²) in [5.74, 6) is 1.54. The molecular formula is C17H17N3O2S. The van der Waals surface area contributed by atoms with Crippen LogP contribution >= 0.6 is 12.2 Å². The molecule has 0 radical (unpaired) electrons. The van der Waals surface area contributed by atoms with Crippen LogP contribution in [0.4, 0.5) is 0 Å². The molecule has 0 aliphatic carbocycles. The molecule has 0 fully saturated rings. The molecular weight excluding hydrogens is 310 g/mol. The van der Waals surface area contributed by atoms with Gasteiger partial charge in [-0.05, 0) is 48.0 Å². The molecule has 0 unspecified atom stereocenters. The standard InChI is InChI=1S/C17H17N3O2S/c1-12-4-2-3-5-14(12)10-19-20-17(23)18-9-13-6-7-15-16(8-13)22-11-21-15/h2-8,10H,9,11H2,1H3,(H2,18,20,23)/b19-10-. The molecule has 0 amide bonds. The summed E-state index contributed by atoms with van der Waals surface area (Å²) in [5.41, 5.74) is 6.09. The molecule has 5 nitrogen and oxygen atoms in total. The van der Waals surface area contributed by atoms with Gasteiger partial charge in [-0.15, -0.1) is 0 Å². The molecule has 3 rings (SSSR count). The van der Waals surface area contributed by atoms with E-state index in [1.54, 1.807) is 6.21 Å². The number of hydrogen-bond donors (Lipinski definition) is 2. The van der Waals surface area contributed by atoms with Gasteiger partial charge in [-0.25, -0.2) is 0 Å². The monoisotopic (exact) mass is 327 g/mol. The zero-order chi connectivity index (χ0) is 16.1. The summed E-state index contributed by atoms with van der Waals surface area (Å²) in [6.07, 6.45) is 1.75. The zero-order valence-corrected chi connectivity index (χ0v) is 13.5. The summed E-state index contributed by atoms with van der Waals surface area (Å²) < 4.78 is 10.6. The Kier molecular flexibility index (Phi) is 4.73. The Morgan fingerprint density at radius 1 is 1.22 bits per heavy atom. The Morgan fingerprint density at radius 3 is 2.91 bits per heavy atom. The summed E-state index contributed by atoms with van der Waals surface area (Å²) in [6.45, 7) is 2.90. The lowest BCUT2D eigenvalue weighted by molar-refractivity contribution is 0.174. The van der Waals surface area contributed by atoms with E-state index in [-0.39, 0.29) is 6.79 Å². The molecule has 0 saturated heterocycles. The molecule has 2 aromatic rings. The lowest BCUT2D eigenvalue weighted by atomic mass is 10.1. The Bertz CT molecular complexity index is 746. The van der Waals surface area contributed by atoms with Gasteiger partial charge in [-0.1, -0.05) is 30.3 Å². The van der Waals surface area contributed by atoms with Crippen LogP contribution in [0, 0.1) is 6.92 Å². The number of ether oxygens (including phenoxy) is 2. The smallest absolute Gasteiger partial charge is 0.231 e. The maximum Gasteiger partial charge on any atom is 0.231 e. The summed E-state index contributed by atoms with van der Waals surface area (Å²) in [7, 11) is 0. The Balaban J connectivity index is 1.49. The van der Waals surface area contributed by atoms with E-state index in [0.717, 1.165) is 28.2 Å². The highest BCUT2D eigenvalue weighted by molar-refractivity contribution is 7.80. The first-order valence-corrected chi connectivity index (χ1v) is 7.64. The minimum Gasteiger partial charge on any atom is -0.454 e. The molecule has 0 aromatic heterocycles. The number of aryl methyl sites for hydroxylation is 1. The third kappa shape index (κ3) is 3.98. The first-order chi connectivity index (χ1) is 11.2. The average Bonchev–Trinajstić information content (AvgIpc) is 3.02. The Hall–Kier alpha value is -2.60. The lowest BCUT2D eigenvalue weighted by Crippen LogP contribution is -2.31. The summed E-state index contributed by atoms with van der Waals surface area (Å²) in [5, 5.41) is 7.72. The molecule has 118 valence electrons. The van der Waals surface area contributed by atoms with Gasteiger partial charge >= 0.3 is 0 Å². The van der Waals surface area contributed by atoms with E-state index in [4.69, 9.17) is 21.7 Å². The predicted molar refractivity (Wildman–Crippen MR) is 93.9 cm³/mol. The normalized spacial score (nSPS) is 12.4. The quantitative estimate of drug-likeness (QED) is 0.514. The van der Waals surface area contributed by atoms with Crippen LogP contribution in [0.1, 0.15) is 16.7 Å². The van der Waals surface area contributed by atoms with Gasteiger partial charge < -0.3 is 14.8 Å². The largest absolute Gasteiger partial charge is 0.454 e. The summed E-state index contributed by atoms with van der Waals surface area (Å²) >= 11 is 5.21. The minimum atomic E-state index is 0.278. The lowest BCUT2D eigenvalue weighted by Gasteiger charge is -2.08. The first kappa shape index (κ1) is 15.3. The van der Waals surface area contributed by atoms with Crippen LogP contribution in [-0.4, -0.2) is 18.1 Å². The minimum absolute atomic E-state index is 0.278. The van der Waals surface area contributed by atoms with Crippen molar-refractivity contribution in [1.82, 2.24) is 10.7 Å². The van der Waals surface area contributed by atoms with Crippen molar-refractivity contribution in [2.45, 2.75) is 13.5 Å². The van der Waals surface area contributed by atoms with E-state index in [1.807, 2.05) is 49.4 Å². The number of nitrogens with zero attached hydrogens (tertiary/aromatic N) is 1. The fourth-order valence-electron chi connectivity index (χ4n) is 2.16. The fourth-order valence-corrected chi connectivity index (χ4v) is 2.29. The maximum atomic E-state index is 5.35. The Labute approximate surface area is 140 Å². The first-order valence-electron chi connectivity index (χ1n) is 7.23. The predicted octanol–water partition coefficient (Wildman–Crippen LogP) is 2.72. The number of hydrazone groups is 1. The Morgan fingerprint density at radius 2 is 2.04 bits per heavy atom. The van der Waals surface area contributed by atoms with Gasteiger partial charge in [0.1, 0.15) is 0 Å². The molecule has 0 atom stereocenters. The van der Waals surface area contributed by atoms with Crippen LogP contribution in [0.3, 0.4) is 0 Å². The van der Waals surface area contributed by atoms with Crippen molar-refractivity contribution in [3.63, 3.8) is 0 Å². The zero-order valence-electron chi connectivity index (χ0n) is 12.7. The van der Waals surface area contributed by atoms with Crippen LogP contribution in [0.25, 0.3) is 0 Å². The van der Waals surface area contributed by atoms with Gasteiger partial charge in [-0.2, -0.15) is 5.10 Å². The molecule has 0 spiro atoms. The molecule has 23 heavy (non-hydrogen) atoms. The van der Waals surface area contributed by atoms with Gasteiger partial charge in [-0.3, -0.25) is 5.43 Å². The molecule has 1 aliphatic rings. The van der Waals surface area contributed by atoms with Gasteiger partial charge in [0.25, 0.3) is 0 Å². The van der Waals surface area contributed by atoms with Crippen LogP contribution < -0.4 is 20.2 Å². The van der Waals surface area contributed by atoms with E-state index < -0.39 is 0 Å². The highest BCUT2D eigenvalue weighted by Gasteiger charge is 2.12. The van der Waals surface area contributed by atoms with Crippen molar-refractivity contribution in [3.8, 4) is 11.5 Å². The fraction of sp³-hybridized carbons (Fsp3) is 0.176. The van der Waals surface area contributed by atoms with E-state index in [1.165, 1.54) is 0 Å². The van der Waals surface area contributed by atoms with Crippen LogP contribution in [-0.2, 0) is 6.54 Å². The highest BCUT2D eigenvalue weighted by atomic mass is 32.1. The van der Waals surface area contributed by atoms with Gasteiger partial charge in [0.05, 0.1) is 6.21 Å². The number of fused-ring (bicyclic) bond motifs is 1. The van der Waals surface area contributed by atoms with Crippen molar-refractivity contribution in [2.24, 2.45) is 5.10 Å². The van der Waals surface area contributed by atoms with E-state index >= 15 is 0 Å². The van der Waals surface area contributed by atoms with Crippen LogP contribution in [0.2, 0.25) is 0 Å². The van der Waals surface area contributed by atoms with E-state index in [2.05, 4.69) is 15.8 Å². The molecule has 2 N–H and O–H groups in total. The second-order valence-corrected chi connectivity index (χ2v) is 5.51. The van der Waals surface area contributed by atoms with Crippen molar-refractivity contribution in [3.05, 3.63) is 59.2 Å². The SMILES string of the molecule is Cc1ccccc1/C=N\NC(=S)NCc1ccc2c(c1)OCO2. The highest BCUT2D eigenvalue weighted by Crippen LogP contribution is 2.32. The molecule has 1 heterocycles. The number of hydrogen-bond acceptors (Lipinski definition) is 4. The molecule has 2 aromatic carbocycles.